The van der Waals surface area contributed by atoms with Crippen LogP contribution in [-0.4, -0.2) is 36.1 Å². The molecule has 0 aliphatic carbocycles. The van der Waals surface area contributed by atoms with E-state index in [1.54, 1.807) is 0 Å². The molecular formula is C18H30N2. The third-order valence-electron chi connectivity index (χ3n) is 4.68. The summed E-state index contributed by atoms with van der Waals surface area (Å²) in [5.41, 5.74) is 1.45. The van der Waals surface area contributed by atoms with Crippen molar-refractivity contribution in [2.75, 3.05) is 13.1 Å². The number of piperazine rings is 1. The van der Waals surface area contributed by atoms with Crippen molar-refractivity contribution in [2.45, 2.75) is 58.7 Å². The zero-order valence-corrected chi connectivity index (χ0v) is 13.5. The van der Waals surface area contributed by atoms with Crippen LogP contribution in [0, 0.1) is 5.92 Å². The van der Waals surface area contributed by atoms with Gasteiger partial charge in [0.25, 0.3) is 0 Å². The van der Waals surface area contributed by atoms with Gasteiger partial charge >= 0.3 is 0 Å². The summed E-state index contributed by atoms with van der Waals surface area (Å²) in [5.74, 6) is 0.707. The van der Waals surface area contributed by atoms with E-state index in [1.807, 2.05) is 0 Å². The lowest BCUT2D eigenvalue weighted by atomic mass is 9.94. The monoisotopic (exact) mass is 274 g/mol. The number of rotatable bonds is 5. The average molecular weight is 274 g/mol. The summed E-state index contributed by atoms with van der Waals surface area (Å²) < 4.78 is 0. The van der Waals surface area contributed by atoms with E-state index >= 15 is 0 Å². The second-order valence-corrected chi connectivity index (χ2v) is 6.56. The van der Waals surface area contributed by atoms with E-state index < -0.39 is 0 Å². The lowest BCUT2D eigenvalue weighted by Gasteiger charge is -2.45. The SMILES string of the molecule is CCC1CN(C(C)Cc2ccccc2)C(C(C)C)CN1. The molecule has 20 heavy (non-hydrogen) atoms. The van der Waals surface area contributed by atoms with E-state index in [9.17, 15) is 0 Å². The molecule has 2 nitrogen and oxygen atoms in total. The van der Waals surface area contributed by atoms with Crippen molar-refractivity contribution in [3.05, 3.63) is 35.9 Å². The van der Waals surface area contributed by atoms with Crippen molar-refractivity contribution in [3.63, 3.8) is 0 Å². The molecule has 1 N–H and O–H groups in total. The average Bonchev–Trinajstić information content (AvgIpc) is 2.47. The Kier molecular flexibility index (Phi) is 5.62. The lowest BCUT2D eigenvalue weighted by molar-refractivity contribution is 0.0614. The minimum absolute atomic E-state index is 0.612. The van der Waals surface area contributed by atoms with Crippen LogP contribution in [0.5, 0.6) is 0 Å². The Morgan fingerprint density at radius 2 is 1.90 bits per heavy atom. The first-order chi connectivity index (χ1) is 9.61. The molecule has 0 saturated carbocycles. The standard InChI is InChI=1S/C18H30N2/c1-5-17-13-20(18(12-19-17)14(2)3)15(4)11-16-9-7-6-8-10-16/h6-10,14-15,17-19H,5,11-13H2,1-4H3. The van der Waals surface area contributed by atoms with Gasteiger partial charge in [-0.3, -0.25) is 4.90 Å². The highest BCUT2D eigenvalue weighted by atomic mass is 15.3. The molecule has 0 radical (unpaired) electrons. The van der Waals surface area contributed by atoms with Crippen molar-refractivity contribution in [1.29, 1.82) is 0 Å². The molecule has 1 heterocycles. The summed E-state index contributed by atoms with van der Waals surface area (Å²) >= 11 is 0. The normalized spacial score (nSPS) is 25.9. The first-order valence-electron chi connectivity index (χ1n) is 8.14. The van der Waals surface area contributed by atoms with Gasteiger partial charge in [-0.1, -0.05) is 51.1 Å². The highest BCUT2D eigenvalue weighted by Crippen LogP contribution is 2.21. The highest BCUT2D eigenvalue weighted by Gasteiger charge is 2.31. The number of nitrogens with one attached hydrogen (secondary N) is 1. The van der Waals surface area contributed by atoms with Gasteiger partial charge in [0.1, 0.15) is 0 Å². The summed E-state index contributed by atoms with van der Waals surface area (Å²) in [6.45, 7) is 11.7. The van der Waals surface area contributed by atoms with Crippen LogP contribution in [0.15, 0.2) is 30.3 Å². The van der Waals surface area contributed by atoms with Crippen LogP contribution in [0.4, 0.5) is 0 Å². The van der Waals surface area contributed by atoms with Crippen LogP contribution in [0.2, 0.25) is 0 Å². The van der Waals surface area contributed by atoms with Gasteiger partial charge in [0.05, 0.1) is 0 Å². The van der Waals surface area contributed by atoms with Gasteiger partial charge in [0.2, 0.25) is 0 Å². The quantitative estimate of drug-likeness (QED) is 0.886. The summed E-state index contributed by atoms with van der Waals surface area (Å²) in [4.78, 5) is 2.74. The minimum Gasteiger partial charge on any atom is -0.311 e. The Bertz CT molecular complexity index is 388. The fraction of sp³-hybridized carbons (Fsp3) is 0.667. The molecule has 1 aromatic rings. The van der Waals surface area contributed by atoms with Gasteiger partial charge in [-0.25, -0.2) is 0 Å². The topological polar surface area (TPSA) is 15.3 Å². The molecular weight excluding hydrogens is 244 g/mol. The van der Waals surface area contributed by atoms with E-state index in [0.29, 0.717) is 24.0 Å². The van der Waals surface area contributed by atoms with Gasteiger partial charge in [-0.15, -0.1) is 0 Å². The first-order valence-corrected chi connectivity index (χ1v) is 8.14. The van der Waals surface area contributed by atoms with Crippen LogP contribution in [-0.2, 0) is 6.42 Å². The first kappa shape index (κ1) is 15.5. The number of benzene rings is 1. The van der Waals surface area contributed by atoms with E-state index in [4.69, 9.17) is 0 Å². The smallest absolute Gasteiger partial charge is 0.0247 e. The van der Waals surface area contributed by atoms with Crippen molar-refractivity contribution in [1.82, 2.24) is 10.2 Å². The molecule has 0 amide bonds. The zero-order chi connectivity index (χ0) is 14.5. The van der Waals surface area contributed by atoms with E-state index in [-0.39, 0.29) is 0 Å². The van der Waals surface area contributed by atoms with Crippen LogP contribution < -0.4 is 5.32 Å². The van der Waals surface area contributed by atoms with Crippen LogP contribution >= 0.6 is 0 Å². The summed E-state index contributed by atoms with van der Waals surface area (Å²) in [6.07, 6.45) is 2.37. The molecule has 112 valence electrons. The molecule has 0 spiro atoms. The summed E-state index contributed by atoms with van der Waals surface area (Å²) in [7, 11) is 0. The largest absolute Gasteiger partial charge is 0.311 e. The molecule has 1 fully saturated rings. The van der Waals surface area contributed by atoms with E-state index in [2.05, 4.69) is 68.2 Å². The fourth-order valence-corrected chi connectivity index (χ4v) is 3.33. The Morgan fingerprint density at radius 1 is 1.20 bits per heavy atom. The van der Waals surface area contributed by atoms with Gasteiger partial charge in [0.15, 0.2) is 0 Å². The van der Waals surface area contributed by atoms with Crippen molar-refractivity contribution in [2.24, 2.45) is 5.92 Å². The Morgan fingerprint density at radius 3 is 2.50 bits per heavy atom. The van der Waals surface area contributed by atoms with Crippen LogP contribution in [0.1, 0.15) is 39.7 Å². The molecule has 3 unspecified atom stereocenters. The summed E-state index contributed by atoms with van der Waals surface area (Å²) in [5, 5.41) is 3.71. The van der Waals surface area contributed by atoms with E-state index in [1.165, 1.54) is 18.5 Å². The zero-order valence-electron chi connectivity index (χ0n) is 13.5. The number of hydrogen-bond donors (Lipinski definition) is 1. The maximum Gasteiger partial charge on any atom is 0.0247 e. The maximum absolute atomic E-state index is 3.71. The lowest BCUT2D eigenvalue weighted by Crippen LogP contribution is -2.60. The molecule has 2 rings (SSSR count). The van der Waals surface area contributed by atoms with E-state index in [0.717, 1.165) is 13.0 Å². The van der Waals surface area contributed by atoms with Crippen molar-refractivity contribution < 1.29 is 0 Å². The number of hydrogen-bond acceptors (Lipinski definition) is 2. The molecule has 1 saturated heterocycles. The Hall–Kier alpha value is -0.860. The Balaban J connectivity index is 2.05. The third kappa shape index (κ3) is 3.83. The minimum atomic E-state index is 0.612. The van der Waals surface area contributed by atoms with Gasteiger partial charge in [0, 0.05) is 31.2 Å². The van der Waals surface area contributed by atoms with Gasteiger partial charge < -0.3 is 5.32 Å². The van der Waals surface area contributed by atoms with Gasteiger partial charge in [-0.05, 0) is 31.2 Å². The second kappa shape index (κ2) is 7.24. The van der Waals surface area contributed by atoms with Crippen LogP contribution in [0.25, 0.3) is 0 Å². The van der Waals surface area contributed by atoms with Gasteiger partial charge in [-0.2, -0.15) is 0 Å². The molecule has 1 aliphatic heterocycles. The third-order valence-corrected chi connectivity index (χ3v) is 4.68. The Labute approximate surface area is 124 Å². The molecule has 0 bridgehead atoms. The molecule has 2 heteroatoms. The predicted molar refractivity (Wildman–Crippen MR) is 87.0 cm³/mol. The molecule has 0 aromatic heterocycles. The predicted octanol–water partition coefficient (Wildman–Crippen LogP) is 3.33. The molecule has 1 aromatic carbocycles. The highest BCUT2D eigenvalue weighted by molar-refractivity contribution is 5.16. The van der Waals surface area contributed by atoms with Crippen LogP contribution in [0.3, 0.4) is 0 Å². The molecule has 1 aliphatic rings. The fourth-order valence-electron chi connectivity index (χ4n) is 3.33. The second-order valence-electron chi connectivity index (χ2n) is 6.56. The maximum atomic E-state index is 3.71. The van der Waals surface area contributed by atoms with Crippen molar-refractivity contribution in [3.8, 4) is 0 Å². The molecule has 3 atom stereocenters. The van der Waals surface area contributed by atoms with Crippen molar-refractivity contribution >= 4 is 0 Å². The summed E-state index contributed by atoms with van der Waals surface area (Å²) in [6, 6.07) is 12.8. The number of nitrogens with zero attached hydrogens (tertiary/aromatic N) is 1.